The lowest BCUT2D eigenvalue weighted by Crippen LogP contribution is -2.14. The molecule has 0 aliphatic carbocycles. The van der Waals surface area contributed by atoms with Crippen molar-refractivity contribution in [2.45, 2.75) is 130 Å². The van der Waals surface area contributed by atoms with Crippen molar-refractivity contribution in [3.05, 3.63) is 227 Å². The molecule has 0 amide bonds. The maximum absolute atomic E-state index is 11.6. The number of rotatable bonds is 13. The quantitative estimate of drug-likeness (QED) is 0.120. The summed E-state index contributed by atoms with van der Waals surface area (Å²) < 4.78 is 0. The van der Waals surface area contributed by atoms with Crippen LogP contribution in [-0.4, -0.2) is 20.2 Å². The monoisotopic (exact) mass is 955 g/mol. The van der Waals surface area contributed by atoms with Crippen molar-refractivity contribution in [1.29, 1.82) is 0 Å². The Hall–Kier alpha value is -6.86. The molecule has 72 heavy (non-hydrogen) atoms. The van der Waals surface area contributed by atoms with Crippen LogP contribution in [0.3, 0.4) is 0 Å². The smallest absolute Gasteiger partial charge is 0.0888 e. The molecule has 2 unspecified atom stereocenters. The van der Waals surface area contributed by atoms with Crippen molar-refractivity contribution in [3.8, 4) is 11.4 Å². The van der Waals surface area contributed by atoms with Crippen molar-refractivity contribution in [1.82, 2.24) is 9.97 Å². The zero-order valence-electron chi connectivity index (χ0n) is 44.6. The van der Waals surface area contributed by atoms with E-state index in [1.54, 1.807) is 12.4 Å². The highest BCUT2D eigenvalue weighted by atomic mass is 16.3. The summed E-state index contributed by atoms with van der Waals surface area (Å²) in [5.74, 6) is 0. The Balaban J connectivity index is 0.962. The predicted octanol–water partition coefficient (Wildman–Crippen LogP) is 16.8. The van der Waals surface area contributed by atoms with Gasteiger partial charge in [-0.1, -0.05) is 156 Å². The summed E-state index contributed by atoms with van der Waals surface area (Å²) in [6, 6.07) is 59.7. The Morgan fingerprint density at radius 2 is 0.556 bits per heavy atom. The summed E-state index contributed by atoms with van der Waals surface area (Å²) in [7, 11) is 0. The number of aliphatic hydroxyl groups is 2. The van der Waals surface area contributed by atoms with Crippen LogP contribution >= 0.6 is 0 Å². The molecule has 0 aliphatic heterocycles. The minimum absolute atomic E-state index is 0.0517. The lowest BCUT2D eigenvalue weighted by Gasteiger charge is -2.28. The number of hydrogen-bond donors (Lipinski definition) is 2. The molecular formula is C66H74N4O2. The second kappa shape index (κ2) is 20.7. The van der Waals surface area contributed by atoms with Gasteiger partial charge in [0, 0.05) is 59.4 Å². The zero-order chi connectivity index (χ0) is 51.6. The second-order valence-electron chi connectivity index (χ2n) is 23.6. The third-order valence-electron chi connectivity index (χ3n) is 13.8. The Labute approximate surface area is 430 Å². The molecular weight excluding hydrogens is 881 g/mol. The minimum Gasteiger partial charge on any atom is -0.388 e. The van der Waals surface area contributed by atoms with E-state index in [-0.39, 0.29) is 21.7 Å². The van der Waals surface area contributed by atoms with Crippen LogP contribution in [0.5, 0.6) is 0 Å². The van der Waals surface area contributed by atoms with Gasteiger partial charge in [0.05, 0.1) is 23.6 Å². The van der Waals surface area contributed by atoms with Gasteiger partial charge in [-0.3, -0.25) is 9.97 Å². The van der Waals surface area contributed by atoms with Gasteiger partial charge in [0.1, 0.15) is 0 Å². The molecule has 2 atom stereocenters. The highest BCUT2D eigenvalue weighted by Gasteiger charge is 2.22. The zero-order valence-corrected chi connectivity index (χ0v) is 44.6. The van der Waals surface area contributed by atoms with Gasteiger partial charge in [0.15, 0.2) is 0 Å². The van der Waals surface area contributed by atoms with Gasteiger partial charge in [-0.05, 0) is 163 Å². The number of pyridine rings is 2. The molecule has 370 valence electrons. The Bertz CT molecular complexity index is 2710. The van der Waals surface area contributed by atoms with Gasteiger partial charge in [0.25, 0.3) is 0 Å². The number of anilines is 6. The molecule has 6 heteroatoms. The lowest BCUT2D eigenvalue weighted by atomic mass is 9.86. The van der Waals surface area contributed by atoms with E-state index in [1.165, 1.54) is 22.3 Å². The normalized spacial score (nSPS) is 13.1. The van der Waals surface area contributed by atoms with Gasteiger partial charge >= 0.3 is 0 Å². The standard InChI is InChI=1S/C66H74N4O2/c1-63(2,3)49-17-29-55(30-18-49)69(56-31-19-50(20-32-56)64(4,5)6)53-25-13-47(14-26-53)61(71)43-45-37-39-67-59(41-45)60-42-46(38-40-68-60)44-62(72)48-15-27-54(28-16-48)70(57-33-21-51(22-34-57)65(7,8)9)58-35-23-52(24-36-58)66(10,11)12/h13-42,61-62,71-72H,43-44H2,1-12H3. The number of hydrogen-bond acceptors (Lipinski definition) is 6. The molecule has 6 nitrogen and oxygen atoms in total. The minimum atomic E-state index is -0.726. The average molecular weight is 955 g/mol. The third kappa shape index (κ3) is 12.2. The molecule has 2 N–H and O–H groups in total. The summed E-state index contributed by atoms with van der Waals surface area (Å²) in [6.07, 6.45) is 2.93. The van der Waals surface area contributed by atoms with E-state index in [1.807, 2.05) is 48.5 Å². The Morgan fingerprint density at radius 3 is 0.778 bits per heavy atom. The van der Waals surface area contributed by atoms with Crippen molar-refractivity contribution < 1.29 is 10.2 Å². The number of benzene rings is 6. The molecule has 8 rings (SSSR count). The van der Waals surface area contributed by atoms with Crippen LogP contribution < -0.4 is 9.80 Å². The van der Waals surface area contributed by atoms with E-state index in [2.05, 4.69) is 224 Å². The first kappa shape index (κ1) is 51.5. The van der Waals surface area contributed by atoms with Crippen molar-refractivity contribution in [3.63, 3.8) is 0 Å². The van der Waals surface area contributed by atoms with Crippen molar-refractivity contribution in [2.24, 2.45) is 0 Å². The van der Waals surface area contributed by atoms with Crippen LogP contribution in [-0.2, 0) is 34.5 Å². The van der Waals surface area contributed by atoms with E-state index >= 15 is 0 Å². The predicted molar refractivity (Wildman–Crippen MR) is 302 cm³/mol. The van der Waals surface area contributed by atoms with Gasteiger partial charge in [0.2, 0.25) is 0 Å². The molecule has 0 fully saturated rings. The van der Waals surface area contributed by atoms with Crippen LogP contribution in [0.2, 0.25) is 0 Å². The molecule has 2 heterocycles. The topological polar surface area (TPSA) is 72.7 Å². The SMILES string of the molecule is CC(C)(C)c1ccc(N(c2ccc(C(O)Cc3ccnc(-c4cc(CC(O)c5ccc(N(c6ccc(C(C)(C)C)cc6)c6ccc(C(C)(C)C)cc6)cc5)ccn4)c3)cc2)c2ccc(C(C)(C)C)cc2)cc1. The fourth-order valence-electron chi connectivity index (χ4n) is 9.19. The molecule has 2 aromatic heterocycles. The maximum Gasteiger partial charge on any atom is 0.0888 e. The summed E-state index contributed by atoms with van der Waals surface area (Å²) in [4.78, 5) is 13.9. The maximum atomic E-state index is 11.6. The lowest BCUT2D eigenvalue weighted by molar-refractivity contribution is 0.178. The van der Waals surface area contributed by atoms with E-state index in [0.29, 0.717) is 24.2 Å². The first-order valence-corrected chi connectivity index (χ1v) is 25.5. The van der Waals surface area contributed by atoms with E-state index in [0.717, 1.165) is 56.4 Å². The number of nitrogens with zero attached hydrogens (tertiary/aromatic N) is 4. The first-order valence-electron chi connectivity index (χ1n) is 25.5. The summed E-state index contributed by atoms with van der Waals surface area (Å²) >= 11 is 0. The summed E-state index contributed by atoms with van der Waals surface area (Å²) in [5.41, 5.74) is 16.7. The second-order valence-corrected chi connectivity index (χ2v) is 23.6. The first-order chi connectivity index (χ1) is 34.0. The summed E-state index contributed by atoms with van der Waals surface area (Å²) in [6.45, 7) is 26.8. The van der Waals surface area contributed by atoms with E-state index in [4.69, 9.17) is 0 Å². The van der Waals surface area contributed by atoms with Gasteiger partial charge in [-0.2, -0.15) is 0 Å². The van der Waals surface area contributed by atoms with Crippen molar-refractivity contribution >= 4 is 34.1 Å². The molecule has 0 aliphatic rings. The van der Waals surface area contributed by atoms with Crippen LogP contribution in [0.1, 0.15) is 140 Å². The number of aromatic nitrogens is 2. The molecule has 0 saturated carbocycles. The van der Waals surface area contributed by atoms with Gasteiger partial charge < -0.3 is 20.0 Å². The molecule has 0 radical (unpaired) electrons. The Kier molecular flexibility index (Phi) is 14.8. The van der Waals surface area contributed by atoms with Crippen molar-refractivity contribution in [2.75, 3.05) is 9.80 Å². The van der Waals surface area contributed by atoms with Gasteiger partial charge in [-0.25, -0.2) is 0 Å². The van der Waals surface area contributed by atoms with E-state index < -0.39 is 12.2 Å². The molecule has 0 bridgehead atoms. The van der Waals surface area contributed by atoms with Crippen LogP contribution in [0, 0.1) is 0 Å². The van der Waals surface area contributed by atoms with Crippen LogP contribution in [0.4, 0.5) is 34.1 Å². The molecule has 0 saturated heterocycles. The third-order valence-corrected chi connectivity index (χ3v) is 13.8. The van der Waals surface area contributed by atoms with Gasteiger partial charge in [-0.15, -0.1) is 0 Å². The fraction of sp³-hybridized carbons (Fsp3) is 0.303. The van der Waals surface area contributed by atoms with Crippen LogP contribution in [0.15, 0.2) is 182 Å². The number of aliphatic hydroxyl groups excluding tert-OH is 2. The average Bonchev–Trinajstić information content (AvgIpc) is 3.34. The van der Waals surface area contributed by atoms with E-state index in [9.17, 15) is 10.2 Å². The fourth-order valence-corrected chi connectivity index (χ4v) is 9.19. The molecule has 0 spiro atoms. The molecule has 6 aromatic carbocycles. The summed E-state index contributed by atoms with van der Waals surface area (Å²) in [5, 5.41) is 23.2. The highest BCUT2D eigenvalue weighted by Crippen LogP contribution is 2.40. The molecule has 8 aromatic rings. The largest absolute Gasteiger partial charge is 0.388 e. The highest BCUT2D eigenvalue weighted by molar-refractivity contribution is 5.78. The van der Waals surface area contributed by atoms with Crippen LogP contribution in [0.25, 0.3) is 11.4 Å². The Morgan fingerprint density at radius 1 is 0.333 bits per heavy atom.